The standard InChI is InChI=1S/C19H19N5O/c1-13-6-8-15(9-7-13)11-20-18-12-21-24-19(23-18)22-17-5-3-4-16(10-17)14(2)25/h3-10,12H,11H2,1-2H3,(H2,20,22,23,24). The number of nitrogens with one attached hydrogen (secondary N) is 2. The van der Waals surface area contributed by atoms with E-state index in [4.69, 9.17) is 0 Å². The van der Waals surface area contributed by atoms with Gasteiger partial charge in [-0.2, -0.15) is 10.1 Å². The quantitative estimate of drug-likeness (QED) is 0.669. The Kier molecular flexibility index (Phi) is 4.99. The van der Waals surface area contributed by atoms with E-state index >= 15 is 0 Å². The van der Waals surface area contributed by atoms with E-state index in [1.807, 2.05) is 12.1 Å². The molecule has 0 saturated heterocycles. The lowest BCUT2D eigenvalue weighted by Gasteiger charge is -2.08. The molecule has 0 radical (unpaired) electrons. The molecule has 0 fully saturated rings. The number of hydrogen-bond donors (Lipinski definition) is 2. The first-order chi connectivity index (χ1) is 12.1. The third kappa shape index (κ3) is 4.60. The predicted molar refractivity (Wildman–Crippen MR) is 98.1 cm³/mol. The largest absolute Gasteiger partial charge is 0.365 e. The Bertz CT molecular complexity index is 877. The number of carbonyl (C=O) groups excluding carboxylic acids is 1. The zero-order valence-electron chi connectivity index (χ0n) is 14.2. The van der Waals surface area contributed by atoms with Crippen molar-refractivity contribution in [2.75, 3.05) is 10.6 Å². The van der Waals surface area contributed by atoms with Crippen molar-refractivity contribution in [3.63, 3.8) is 0 Å². The lowest BCUT2D eigenvalue weighted by atomic mass is 10.1. The molecule has 1 aromatic heterocycles. The van der Waals surface area contributed by atoms with Crippen molar-refractivity contribution in [3.8, 4) is 0 Å². The molecule has 0 aliphatic carbocycles. The van der Waals surface area contributed by atoms with Gasteiger partial charge in [0.25, 0.3) is 0 Å². The van der Waals surface area contributed by atoms with E-state index in [1.54, 1.807) is 18.3 Å². The van der Waals surface area contributed by atoms with E-state index in [0.717, 1.165) is 11.3 Å². The van der Waals surface area contributed by atoms with Crippen LogP contribution in [-0.2, 0) is 6.54 Å². The number of nitrogens with zero attached hydrogens (tertiary/aromatic N) is 3. The molecular formula is C19H19N5O. The molecule has 2 aromatic carbocycles. The summed E-state index contributed by atoms with van der Waals surface area (Å²) in [7, 11) is 0. The fraction of sp³-hybridized carbons (Fsp3) is 0.158. The van der Waals surface area contributed by atoms with Crippen molar-refractivity contribution in [3.05, 3.63) is 71.4 Å². The minimum absolute atomic E-state index is 0.0104. The molecule has 0 aliphatic heterocycles. The number of Topliss-reactive ketones (excluding diaryl/α,β-unsaturated/α-hetero) is 1. The number of ketones is 1. The van der Waals surface area contributed by atoms with Gasteiger partial charge in [0.1, 0.15) is 0 Å². The molecule has 6 nitrogen and oxygen atoms in total. The highest BCUT2D eigenvalue weighted by molar-refractivity contribution is 5.95. The van der Waals surface area contributed by atoms with Crippen molar-refractivity contribution in [2.45, 2.75) is 20.4 Å². The average molecular weight is 333 g/mol. The van der Waals surface area contributed by atoms with Gasteiger partial charge in [-0.1, -0.05) is 42.0 Å². The molecule has 6 heteroatoms. The highest BCUT2D eigenvalue weighted by atomic mass is 16.1. The van der Waals surface area contributed by atoms with Gasteiger partial charge < -0.3 is 10.6 Å². The normalized spacial score (nSPS) is 10.3. The summed E-state index contributed by atoms with van der Waals surface area (Å²) >= 11 is 0. The Morgan fingerprint density at radius 2 is 1.92 bits per heavy atom. The first-order valence-corrected chi connectivity index (χ1v) is 7.97. The van der Waals surface area contributed by atoms with Crippen LogP contribution >= 0.6 is 0 Å². The van der Waals surface area contributed by atoms with E-state index in [9.17, 15) is 4.79 Å². The lowest BCUT2D eigenvalue weighted by Crippen LogP contribution is -2.06. The van der Waals surface area contributed by atoms with Gasteiger partial charge in [0.15, 0.2) is 11.6 Å². The van der Waals surface area contributed by atoms with Gasteiger partial charge in [-0.3, -0.25) is 4.79 Å². The van der Waals surface area contributed by atoms with Crippen LogP contribution in [0.3, 0.4) is 0 Å². The maximum absolute atomic E-state index is 11.5. The summed E-state index contributed by atoms with van der Waals surface area (Å²) in [5, 5.41) is 14.2. The summed E-state index contributed by atoms with van der Waals surface area (Å²) < 4.78 is 0. The molecule has 0 aliphatic rings. The third-order valence-corrected chi connectivity index (χ3v) is 3.68. The van der Waals surface area contributed by atoms with Crippen LogP contribution < -0.4 is 10.6 Å². The minimum atomic E-state index is 0.0104. The smallest absolute Gasteiger partial charge is 0.249 e. The topological polar surface area (TPSA) is 79.8 Å². The van der Waals surface area contributed by atoms with Gasteiger partial charge in [-0.15, -0.1) is 5.10 Å². The van der Waals surface area contributed by atoms with Crippen molar-refractivity contribution < 1.29 is 4.79 Å². The van der Waals surface area contributed by atoms with Crippen LogP contribution in [-0.4, -0.2) is 21.0 Å². The molecule has 0 spiro atoms. The number of carbonyl (C=O) groups is 1. The maximum Gasteiger partial charge on any atom is 0.249 e. The Balaban J connectivity index is 1.68. The van der Waals surface area contributed by atoms with Crippen molar-refractivity contribution in [1.29, 1.82) is 0 Å². The second-order valence-electron chi connectivity index (χ2n) is 5.77. The molecule has 0 bridgehead atoms. The zero-order chi connectivity index (χ0) is 17.6. The summed E-state index contributed by atoms with van der Waals surface area (Å²) in [6.45, 7) is 4.25. The fourth-order valence-corrected chi connectivity index (χ4v) is 2.29. The van der Waals surface area contributed by atoms with E-state index < -0.39 is 0 Å². The predicted octanol–water partition coefficient (Wildman–Crippen LogP) is 3.74. The van der Waals surface area contributed by atoms with Gasteiger partial charge in [0.05, 0.1) is 6.20 Å². The molecule has 0 amide bonds. The van der Waals surface area contributed by atoms with Gasteiger partial charge in [0.2, 0.25) is 5.95 Å². The van der Waals surface area contributed by atoms with Crippen molar-refractivity contribution >= 4 is 23.2 Å². The summed E-state index contributed by atoms with van der Waals surface area (Å²) in [6, 6.07) is 15.5. The van der Waals surface area contributed by atoms with Gasteiger partial charge in [0, 0.05) is 17.8 Å². The average Bonchev–Trinajstić information content (AvgIpc) is 2.62. The Labute approximate surface area is 146 Å². The van der Waals surface area contributed by atoms with Gasteiger partial charge >= 0.3 is 0 Å². The fourth-order valence-electron chi connectivity index (χ4n) is 2.29. The summed E-state index contributed by atoms with van der Waals surface area (Å²) in [5.41, 5.74) is 3.76. The number of hydrogen-bond acceptors (Lipinski definition) is 6. The van der Waals surface area contributed by atoms with Gasteiger partial charge in [-0.05, 0) is 31.5 Å². The SMILES string of the molecule is CC(=O)c1cccc(Nc2nncc(NCc3ccc(C)cc3)n2)c1. The molecule has 0 atom stereocenters. The summed E-state index contributed by atoms with van der Waals surface area (Å²) in [4.78, 5) is 15.9. The van der Waals surface area contributed by atoms with Crippen LogP contribution in [0.2, 0.25) is 0 Å². The maximum atomic E-state index is 11.5. The van der Waals surface area contributed by atoms with Crippen LogP contribution in [0, 0.1) is 6.92 Å². The second-order valence-corrected chi connectivity index (χ2v) is 5.77. The Hall–Kier alpha value is -3.28. The first-order valence-electron chi connectivity index (χ1n) is 7.97. The van der Waals surface area contributed by atoms with Crippen LogP contribution in [0.4, 0.5) is 17.5 Å². The third-order valence-electron chi connectivity index (χ3n) is 3.68. The van der Waals surface area contributed by atoms with Crippen LogP contribution in [0.5, 0.6) is 0 Å². The van der Waals surface area contributed by atoms with Crippen molar-refractivity contribution in [2.24, 2.45) is 0 Å². The van der Waals surface area contributed by atoms with E-state index in [0.29, 0.717) is 23.9 Å². The molecule has 3 aromatic rings. The summed E-state index contributed by atoms with van der Waals surface area (Å²) in [5.74, 6) is 1.01. The Morgan fingerprint density at radius 3 is 2.68 bits per heavy atom. The summed E-state index contributed by atoms with van der Waals surface area (Å²) in [6.07, 6.45) is 1.57. The van der Waals surface area contributed by atoms with Crippen molar-refractivity contribution in [1.82, 2.24) is 15.2 Å². The monoisotopic (exact) mass is 333 g/mol. The molecule has 25 heavy (non-hydrogen) atoms. The molecule has 126 valence electrons. The number of rotatable bonds is 6. The number of anilines is 3. The molecule has 0 saturated carbocycles. The molecule has 2 N–H and O–H groups in total. The number of aryl methyl sites for hydroxylation is 1. The van der Waals surface area contributed by atoms with Crippen LogP contribution in [0.1, 0.15) is 28.4 Å². The van der Waals surface area contributed by atoms with E-state index in [2.05, 4.69) is 57.0 Å². The van der Waals surface area contributed by atoms with Gasteiger partial charge in [-0.25, -0.2) is 0 Å². The molecule has 1 heterocycles. The zero-order valence-corrected chi connectivity index (χ0v) is 14.2. The number of aromatic nitrogens is 3. The second kappa shape index (κ2) is 7.53. The molecule has 0 unspecified atom stereocenters. The first kappa shape index (κ1) is 16.6. The van der Waals surface area contributed by atoms with Crippen LogP contribution in [0.25, 0.3) is 0 Å². The highest BCUT2D eigenvalue weighted by Gasteiger charge is 2.04. The van der Waals surface area contributed by atoms with E-state index in [1.165, 1.54) is 12.5 Å². The van der Waals surface area contributed by atoms with Crippen LogP contribution in [0.15, 0.2) is 54.7 Å². The highest BCUT2D eigenvalue weighted by Crippen LogP contribution is 2.16. The lowest BCUT2D eigenvalue weighted by molar-refractivity contribution is 0.101. The number of benzene rings is 2. The van der Waals surface area contributed by atoms with E-state index in [-0.39, 0.29) is 5.78 Å². The molecule has 3 rings (SSSR count). The Morgan fingerprint density at radius 1 is 1.12 bits per heavy atom. The molecular weight excluding hydrogens is 314 g/mol. The minimum Gasteiger partial charge on any atom is -0.365 e.